The zero-order chi connectivity index (χ0) is 10.9. The zero-order valence-corrected chi connectivity index (χ0v) is 10.7. The highest BCUT2D eigenvalue weighted by Gasteiger charge is 1.97. The Labute approximate surface area is 100 Å². The number of ether oxygens (including phenoxy) is 1. The number of nitrogens with one attached hydrogen (secondary N) is 1. The van der Waals surface area contributed by atoms with Crippen LogP contribution in [0.15, 0.2) is 30.3 Å². The minimum atomic E-state index is 0.529. The molecule has 1 rings (SSSR count). The lowest BCUT2D eigenvalue weighted by Crippen LogP contribution is -2.28. The van der Waals surface area contributed by atoms with Gasteiger partial charge in [0.05, 0.1) is 6.61 Å². The van der Waals surface area contributed by atoms with Gasteiger partial charge in [-0.2, -0.15) is 0 Å². The Morgan fingerprint density at radius 2 is 2.07 bits per heavy atom. The standard InChI is InChI=1S/C12H18BrNO/c1-11(10-13)14-8-5-9-15-12-6-3-2-4-7-12/h2-4,6-7,11,14H,5,8-10H2,1H3. The second-order valence-corrected chi connectivity index (χ2v) is 4.17. The third kappa shape index (κ3) is 5.80. The summed E-state index contributed by atoms with van der Waals surface area (Å²) in [6.07, 6.45) is 1.03. The van der Waals surface area contributed by atoms with Crippen molar-refractivity contribution in [3.63, 3.8) is 0 Å². The van der Waals surface area contributed by atoms with Gasteiger partial charge in [-0.3, -0.25) is 0 Å². The Balaban J connectivity index is 2.03. The van der Waals surface area contributed by atoms with E-state index < -0.39 is 0 Å². The molecular weight excluding hydrogens is 254 g/mol. The van der Waals surface area contributed by atoms with Gasteiger partial charge in [0, 0.05) is 11.4 Å². The second-order valence-electron chi connectivity index (χ2n) is 3.52. The fourth-order valence-electron chi connectivity index (χ4n) is 1.18. The third-order valence-corrected chi connectivity index (χ3v) is 3.03. The fourth-order valence-corrected chi connectivity index (χ4v) is 1.41. The van der Waals surface area contributed by atoms with Crippen molar-refractivity contribution < 1.29 is 4.74 Å². The van der Waals surface area contributed by atoms with Gasteiger partial charge in [0.15, 0.2) is 0 Å². The summed E-state index contributed by atoms with van der Waals surface area (Å²) >= 11 is 3.43. The number of hydrogen-bond acceptors (Lipinski definition) is 2. The molecule has 1 aromatic carbocycles. The summed E-state index contributed by atoms with van der Waals surface area (Å²) in [7, 11) is 0. The van der Waals surface area contributed by atoms with Crippen molar-refractivity contribution in [2.45, 2.75) is 19.4 Å². The second kappa shape index (κ2) is 7.71. The van der Waals surface area contributed by atoms with Crippen molar-refractivity contribution in [1.29, 1.82) is 0 Å². The number of hydrogen-bond donors (Lipinski definition) is 1. The van der Waals surface area contributed by atoms with E-state index in [-0.39, 0.29) is 0 Å². The van der Waals surface area contributed by atoms with Crippen LogP contribution in [0, 0.1) is 0 Å². The molecule has 0 aliphatic heterocycles. The van der Waals surface area contributed by atoms with E-state index in [2.05, 4.69) is 28.2 Å². The van der Waals surface area contributed by atoms with Gasteiger partial charge in [-0.15, -0.1) is 0 Å². The molecule has 15 heavy (non-hydrogen) atoms. The molecule has 2 nitrogen and oxygen atoms in total. The molecule has 1 atom stereocenters. The summed E-state index contributed by atoms with van der Waals surface area (Å²) < 4.78 is 5.57. The van der Waals surface area contributed by atoms with Gasteiger partial charge in [-0.1, -0.05) is 34.1 Å². The molecule has 0 saturated carbocycles. The van der Waals surface area contributed by atoms with E-state index >= 15 is 0 Å². The first-order chi connectivity index (χ1) is 7.33. The molecule has 0 spiro atoms. The third-order valence-electron chi connectivity index (χ3n) is 2.06. The van der Waals surface area contributed by atoms with Crippen molar-refractivity contribution in [3.05, 3.63) is 30.3 Å². The maximum Gasteiger partial charge on any atom is 0.119 e. The molecule has 0 saturated heterocycles. The van der Waals surface area contributed by atoms with Crippen LogP contribution in [0.3, 0.4) is 0 Å². The Morgan fingerprint density at radius 3 is 2.73 bits per heavy atom. The maximum atomic E-state index is 5.57. The van der Waals surface area contributed by atoms with Gasteiger partial charge >= 0.3 is 0 Å². The van der Waals surface area contributed by atoms with Crippen LogP contribution >= 0.6 is 15.9 Å². The predicted octanol–water partition coefficient (Wildman–Crippen LogP) is 2.83. The lowest BCUT2D eigenvalue weighted by Gasteiger charge is -2.10. The van der Waals surface area contributed by atoms with Crippen molar-refractivity contribution in [3.8, 4) is 5.75 Å². The quantitative estimate of drug-likeness (QED) is 0.608. The smallest absolute Gasteiger partial charge is 0.119 e. The van der Waals surface area contributed by atoms with Gasteiger partial charge in [0.2, 0.25) is 0 Å². The normalized spacial score (nSPS) is 12.4. The van der Waals surface area contributed by atoms with Crippen LogP contribution in [0.2, 0.25) is 0 Å². The highest BCUT2D eigenvalue weighted by Crippen LogP contribution is 2.07. The van der Waals surface area contributed by atoms with Crippen molar-refractivity contribution in [2.75, 3.05) is 18.5 Å². The van der Waals surface area contributed by atoms with Crippen LogP contribution < -0.4 is 10.1 Å². The van der Waals surface area contributed by atoms with Crippen molar-refractivity contribution >= 4 is 15.9 Å². The molecule has 0 fully saturated rings. The number of benzene rings is 1. The monoisotopic (exact) mass is 271 g/mol. The molecule has 0 aliphatic rings. The predicted molar refractivity (Wildman–Crippen MR) is 67.8 cm³/mol. The van der Waals surface area contributed by atoms with Crippen LogP contribution in [0.4, 0.5) is 0 Å². The summed E-state index contributed by atoms with van der Waals surface area (Å²) in [6.45, 7) is 3.93. The molecule has 0 bridgehead atoms. The van der Waals surface area contributed by atoms with Crippen LogP contribution in [0.1, 0.15) is 13.3 Å². The van der Waals surface area contributed by atoms with E-state index in [0.717, 1.165) is 30.7 Å². The van der Waals surface area contributed by atoms with E-state index in [1.165, 1.54) is 0 Å². The first-order valence-corrected chi connectivity index (χ1v) is 6.42. The lowest BCUT2D eigenvalue weighted by molar-refractivity contribution is 0.306. The lowest BCUT2D eigenvalue weighted by atomic mass is 10.3. The Morgan fingerprint density at radius 1 is 1.33 bits per heavy atom. The van der Waals surface area contributed by atoms with Crippen LogP contribution in [0.25, 0.3) is 0 Å². The summed E-state index contributed by atoms with van der Waals surface area (Å²) in [5.41, 5.74) is 0. The van der Waals surface area contributed by atoms with E-state index in [1.807, 2.05) is 30.3 Å². The average molecular weight is 272 g/mol. The average Bonchev–Trinajstić information content (AvgIpc) is 2.29. The summed E-state index contributed by atoms with van der Waals surface area (Å²) in [6, 6.07) is 10.5. The Hall–Kier alpha value is -0.540. The molecule has 0 radical (unpaired) electrons. The molecule has 1 unspecified atom stereocenters. The Kier molecular flexibility index (Phi) is 6.44. The van der Waals surface area contributed by atoms with Gasteiger partial charge in [0.25, 0.3) is 0 Å². The van der Waals surface area contributed by atoms with E-state index in [9.17, 15) is 0 Å². The highest BCUT2D eigenvalue weighted by molar-refractivity contribution is 9.09. The van der Waals surface area contributed by atoms with E-state index in [1.54, 1.807) is 0 Å². The zero-order valence-electron chi connectivity index (χ0n) is 9.08. The first-order valence-electron chi connectivity index (χ1n) is 5.30. The molecule has 0 heterocycles. The Bertz CT molecular complexity index is 253. The number of halogens is 1. The number of alkyl halides is 1. The summed E-state index contributed by atoms with van der Waals surface area (Å²) in [5, 5.41) is 4.38. The summed E-state index contributed by atoms with van der Waals surface area (Å²) in [5.74, 6) is 0.950. The molecule has 0 aliphatic carbocycles. The van der Waals surface area contributed by atoms with Gasteiger partial charge in [0.1, 0.15) is 5.75 Å². The van der Waals surface area contributed by atoms with Gasteiger partial charge in [-0.25, -0.2) is 0 Å². The van der Waals surface area contributed by atoms with Crippen molar-refractivity contribution in [1.82, 2.24) is 5.32 Å². The fraction of sp³-hybridized carbons (Fsp3) is 0.500. The van der Waals surface area contributed by atoms with Crippen molar-refractivity contribution in [2.24, 2.45) is 0 Å². The van der Waals surface area contributed by atoms with Gasteiger partial charge in [-0.05, 0) is 32.0 Å². The van der Waals surface area contributed by atoms with Crippen LogP contribution in [-0.4, -0.2) is 24.5 Å². The molecule has 3 heteroatoms. The van der Waals surface area contributed by atoms with Crippen LogP contribution in [0.5, 0.6) is 5.75 Å². The minimum Gasteiger partial charge on any atom is -0.494 e. The summed E-state index contributed by atoms with van der Waals surface area (Å²) in [4.78, 5) is 0. The molecule has 0 amide bonds. The number of para-hydroxylation sites is 1. The van der Waals surface area contributed by atoms with E-state index in [4.69, 9.17) is 4.74 Å². The largest absolute Gasteiger partial charge is 0.494 e. The number of rotatable bonds is 7. The SMILES string of the molecule is CC(CBr)NCCCOc1ccccc1. The van der Waals surface area contributed by atoms with E-state index in [0.29, 0.717) is 6.04 Å². The first kappa shape index (κ1) is 12.5. The topological polar surface area (TPSA) is 21.3 Å². The molecule has 0 aromatic heterocycles. The maximum absolute atomic E-state index is 5.57. The van der Waals surface area contributed by atoms with Gasteiger partial charge < -0.3 is 10.1 Å². The molecule has 84 valence electrons. The molecular formula is C12H18BrNO. The van der Waals surface area contributed by atoms with Crippen LogP contribution in [-0.2, 0) is 0 Å². The molecule has 1 aromatic rings. The molecule has 1 N–H and O–H groups in total. The minimum absolute atomic E-state index is 0.529. The highest BCUT2D eigenvalue weighted by atomic mass is 79.9.